The summed E-state index contributed by atoms with van der Waals surface area (Å²) in [5.41, 5.74) is 0. The smallest absolute Gasteiger partial charge is 0.305 e. The number of anilines is 1. The zero-order valence-electron chi connectivity index (χ0n) is 10.1. The van der Waals surface area contributed by atoms with Crippen molar-refractivity contribution in [2.24, 2.45) is 0 Å². The highest BCUT2D eigenvalue weighted by atomic mass is 32.1. The topological polar surface area (TPSA) is 75.1 Å². The number of aliphatic carboxylic acids is 1. The van der Waals surface area contributed by atoms with Crippen molar-refractivity contribution in [3.63, 3.8) is 0 Å². The van der Waals surface area contributed by atoms with Gasteiger partial charge in [0.05, 0.1) is 11.8 Å². The zero-order chi connectivity index (χ0) is 13.0. The van der Waals surface area contributed by atoms with E-state index in [2.05, 4.69) is 15.3 Å². The van der Waals surface area contributed by atoms with Crippen LogP contribution in [-0.4, -0.2) is 27.1 Å². The number of nitrogens with one attached hydrogen (secondary N) is 1. The van der Waals surface area contributed by atoms with Crippen LogP contribution in [0.3, 0.4) is 0 Å². The van der Waals surface area contributed by atoms with Crippen molar-refractivity contribution in [1.82, 2.24) is 9.97 Å². The number of thiophene rings is 1. The van der Waals surface area contributed by atoms with Gasteiger partial charge in [0.25, 0.3) is 0 Å². The minimum Gasteiger partial charge on any atom is -0.481 e. The molecule has 0 saturated carbocycles. The van der Waals surface area contributed by atoms with Crippen molar-refractivity contribution >= 4 is 33.3 Å². The number of carbonyl (C=O) groups is 1. The first-order valence-electron chi connectivity index (χ1n) is 5.87. The first-order valence-corrected chi connectivity index (χ1v) is 6.75. The summed E-state index contributed by atoms with van der Waals surface area (Å²) in [7, 11) is 0. The number of aromatic nitrogens is 2. The molecule has 0 aliphatic carbocycles. The summed E-state index contributed by atoms with van der Waals surface area (Å²) < 4.78 is 0. The lowest BCUT2D eigenvalue weighted by Crippen LogP contribution is -2.23. The highest BCUT2D eigenvalue weighted by molar-refractivity contribution is 7.16. The summed E-state index contributed by atoms with van der Waals surface area (Å²) in [6, 6.07) is 1.86. The Kier molecular flexibility index (Phi) is 4.09. The van der Waals surface area contributed by atoms with Crippen LogP contribution >= 0.6 is 11.3 Å². The molecule has 0 radical (unpaired) electrons. The maximum absolute atomic E-state index is 10.8. The maximum Gasteiger partial charge on any atom is 0.305 e. The third kappa shape index (κ3) is 2.95. The number of hydrogen-bond donors (Lipinski definition) is 2. The van der Waals surface area contributed by atoms with E-state index in [1.165, 1.54) is 6.33 Å². The highest BCUT2D eigenvalue weighted by Crippen LogP contribution is 2.25. The number of carboxylic acid groups (broad SMARTS) is 1. The molecule has 2 heterocycles. The molecular weight excluding hydrogens is 250 g/mol. The van der Waals surface area contributed by atoms with Crippen LogP contribution in [0.15, 0.2) is 17.8 Å². The molecule has 2 rings (SSSR count). The Hall–Kier alpha value is -1.69. The van der Waals surface area contributed by atoms with Crippen molar-refractivity contribution in [3.05, 3.63) is 17.8 Å². The summed E-state index contributed by atoms with van der Waals surface area (Å²) in [5, 5.41) is 15.0. The predicted molar refractivity (Wildman–Crippen MR) is 72.0 cm³/mol. The van der Waals surface area contributed by atoms with Gasteiger partial charge in [-0.1, -0.05) is 13.3 Å². The van der Waals surface area contributed by atoms with Crippen LogP contribution in [0.2, 0.25) is 0 Å². The van der Waals surface area contributed by atoms with Crippen LogP contribution < -0.4 is 5.32 Å². The van der Waals surface area contributed by atoms with Crippen molar-refractivity contribution in [2.75, 3.05) is 5.32 Å². The summed E-state index contributed by atoms with van der Waals surface area (Å²) in [6.07, 6.45) is 3.35. The largest absolute Gasteiger partial charge is 0.481 e. The first kappa shape index (κ1) is 12.8. The molecule has 0 aromatic carbocycles. The number of fused-ring (bicyclic) bond motifs is 1. The molecule has 1 atom stereocenters. The summed E-state index contributed by atoms with van der Waals surface area (Å²) in [6.45, 7) is 2.04. The molecule has 2 aromatic rings. The summed E-state index contributed by atoms with van der Waals surface area (Å²) in [4.78, 5) is 20.1. The number of rotatable bonds is 6. The average Bonchev–Trinajstić information content (AvgIpc) is 2.77. The van der Waals surface area contributed by atoms with Crippen molar-refractivity contribution in [2.45, 2.75) is 32.2 Å². The van der Waals surface area contributed by atoms with Gasteiger partial charge in [-0.3, -0.25) is 4.79 Å². The monoisotopic (exact) mass is 265 g/mol. The Morgan fingerprint density at radius 2 is 2.39 bits per heavy atom. The van der Waals surface area contributed by atoms with Gasteiger partial charge in [0.2, 0.25) is 0 Å². The Morgan fingerprint density at radius 3 is 3.11 bits per heavy atom. The maximum atomic E-state index is 10.8. The van der Waals surface area contributed by atoms with Gasteiger partial charge in [-0.05, 0) is 17.9 Å². The van der Waals surface area contributed by atoms with Gasteiger partial charge in [-0.15, -0.1) is 11.3 Å². The highest BCUT2D eigenvalue weighted by Gasteiger charge is 2.14. The molecule has 2 N–H and O–H groups in total. The molecule has 1 unspecified atom stereocenters. The summed E-state index contributed by atoms with van der Waals surface area (Å²) in [5.74, 6) is -0.0717. The summed E-state index contributed by atoms with van der Waals surface area (Å²) >= 11 is 1.55. The van der Waals surface area contributed by atoms with Gasteiger partial charge in [0.15, 0.2) is 0 Å². The lowest BCUT2D eigenvalue weighted by Gasteiger charge is -2.16. The van der Waals surface area contributed by atoms with E-state index in [-0.39, 0.29) is 12.5 Å². The standard InChI is InChI=1S/C12H15N3O2S/c1-2-3-8(6-10(16)17)15-11-9-4-5-18-12(9)14-7-13-11/h4-5,7-8H,2-3,6H2,1H3,(H,16,17)(H,13,14,15). The molecule has 18 heavy (non-hydrogen) atoms. The molecule has 0 bridgehead atoms. The van der Waals surface area contributed by atoms with E-state index in [0.717, 1.165) is 28.9 Å². The lowest BCUT2D eigenvalue weighted by molar-refractivity contribution is -0.137. The van der Waals surface area contributed by atoms with Crippen LogP contribution in [-0.2, 0) is 4.79 Å². The Morgan fingerprint density at radius 1 is 1.56 bits per heavy atom. The molecule has 0 spiro atoms. The number of carboxylic acids is 1. The molecule has 0 saturated heterocycles. The minimum atomic E-state index is -0.795. The molecular formula is C12H15N3O2S. The molecule has 2 aromatic heterocycles. The lowest BCUT2D eigenvalue weighted by atomic mass is 10.1. The van der Waals surface area contributed by atoms with Gasteiger partial charge in [0.1, 0.15) is 17.0 Å². The second-order valence-corrected chi connectivity index (χ2v) is 4.98. The van der Waals surface area contributed by atoms with Crippen LogP contribution in [0.25, 0.3) is 10.2 Å². The Balaban J connectivity index is 2.19. The van der Waals surface area contributed by atoms with E-state index in [4.69, 9.17) is 5.11 Å². The fourth-order valence-electron chi connectivity index (χ4n) is 1.88. The van der Waals surface area contributed by atoms with Crippen molar-refractivity contribution in [1.29, 1.82) is 0 Å². The molecule has 6 heteroatoms. The van der Waals surface area contributed by atoms with Gasteiger partial charge >= 0.3 is 5.97 Å². The Bertz CT molecular complexity index is 541. The molecule has 0 amide bonds. The SMILES string of the molecule is CCCC(CC(=O)O)Nc1ncnc2sccc12. The molecule has 96 valence electrons. The van der Waals surface area contributed by atoms with E-state index >= 15 is 0 Å². The van der Waals surface area contributed by atoms with Crippen LogP contribution in [0.1, 0.15) is 26.2 Å². The molecule has 0 aliphatic rings. The molecule has 0 aliphatic heterocycles. The van der Waals surface area contributed by atoms with Crippen LogP contribution in [0, 0.1) is 0 Å². The van der Waals surface area contributed by atoms with E-state index in [1.54, 1.807) is 11.3 Å². The fourth-order valence-corrected chi connectivity index (χ4v) is 2.62. The first-order chi connectivity index (χ1) is 8.70. The fraction of sp³-hybridized carbons (Fsp3) is 0.417. The van der Waals surface area contributed by atoms with Gasteiger partial charge < -0.3 is 10.4 Å². The number of hydrogen-bond acceptors (Lipinski definition) is 5. The van der Waals surface area contributed by atoms with E-state index in [1.807, 2.05) is 18.4 Å². The molecule has 5 nitrogen and oxygen atoms in total. The van der Waals surface area contributed by atoms with Crippen molar-refractivity contribution in [3.8, 4) is 0 Å². The van der Waals surface area contributed by atoms with E-state index in [0.29, 0.717) is 0 Å². The zero-order valence-corrected chi connectivity index (χ0v) is 10.9. The van der Waals surface area contributed by atoms with Crippen LogP contribution in [0.5, 0.6) is 0 Å². The second kappa shape index (κ2) is 5.77. The van der Waals surface area contributed by atoms with Crippen LogP contribution in [0.4, 0.5) is 5.82 Å². The average molecular weight is 265 g/mol. The molecule has 0 fully saturated rings. The third-order valence-corrected chi connectivity index (χ3v) is 3.48. The van der Waals surface area contributed by atoms with Gasteiger partial charge in [-0.25, -0.2) is 9.97 Å². The van der Waals surface area contributed by atoms with E-state index < -0.39 is 5.97 Å². The van der Waals surface area contributed by atoms with Gasteiger partial charge in [0, 0.05) is 6.04 Å². The second-order valence-electron chi connectivity index (χ2n) is 4.09. The number of nitrogens with zero attached hydrogens (tertiary/aromatic N) is 2. The van der Waals surface area contributed by atoms with E-state index in [9.17, 15) is 4.79 Å². The minimum absolute atomic E-state index is 0.0921. The quantitative estimate of drug-likeness (QED) is 0.840. The normalized spacial score (nSPS) is 12.5. The van der Waals surface area contributed by atoms with Crippen molar-refractivity contribution < 1.29 is 9.90 Å². The third-order valence-electron chi connectivity index (χ3n) is 2.66. The van der Waals surface area contributed by atoms with Gasteiger partial charge in [-0.2, -0.15) is 0 Å². The predicted octanol–water partition coefficient (Wildman–Crippen LogP) is 2.75. The Labute approximate surface area is 109 Å².